The van der Waals surface area contributed by atoms with Gasteiger partial charge in [0, 0.05) is 18.1 Å². The van der Waals surface area contributed by atoms with Crippen molar-refractivity contribution in [1.29, 1.82) is 0 Å². The Morgan fingerprint density at radius 1 is 1.57 bits per heavy atom. The highest BCUT2D eigenvalue weighted by Gasteiger charge is 2.21. The third-order valence-corrected chi connectivity index (χ3v) is 3.43. The van der Waals surface area contributed by atoms with Crippen molar-refractivity contribution in [3.05, 3.63) is 22.5 Å². The number of nitrogens with zero attached hydrogens (tertiary/aromatic N) is 1. The van der Waals surface area contributed by atoms with Crippen LogP contribution in [0.5, 0.6) is 5.75 Å². The molecule has 1 aliphatic heterocycles. The molecule has 0 saturated heterocycles. The molecule has 1 aliphatic rings. The van der Waals surface area contributed by atoms with Crippen LogP contribution < -0.4 is 4.74 Å². The van der Waals surface area contributed by atoms with Gasteiger partial charge in [-0.15, -0.1) is 11.3 Å². The van der Waals surface area contributed by atoms with E-state index in [0.717, 1.165) is 27.2 Å². The minimum atomic E-state index is -0.282. The standard InChI is InChI=1S/C10H8FNOS/c1-5-12-8-4-7(11)9-6(2-3-13-9)10(8)14-5/h4H,2-3H2,1H3. The first-order chi connectivity index (χ1) is 6.75. The minimum Gasteiger partial charge on any atom is -0.490 e. The Morgan fingerprint density at radius 3 is 3.29 bits per heavy atom. The highest BCUT2D eigenvalue weighted by atomic mass is 32.1. The van der Waals surface area contributed by atoms with Crippen LogP contribution in [-0.4, -0.2) is 11.6 Å². The van der Waals surface area contributed by atoms with Gasteiger partial charge in [-0.2, -0.15) is 0 Å². The molecule has 0 aliphatic carbocycles. The van der Waals surface area contributed by atoms with Gasteiger partial charge in [0.05, 0.1) is 21.8 Å². The van der Waals surface area contributed by atoms with Crippen LogP contribution in [0.25, 0.3) is 10.2 Å². The lowest BCUT2D eigenvalue weighted by atomic mass is 10.1. The Morgan fingerprint density at radius 2 is 2.43 bits per heavy atom. The van der Waals surface area contributed by atoms with Gasteiger partial charge in [0.15, 0.2) is 11.6 Å². The van der Waals surface area contributed by atoms with Gasteiger partial charge < -0.3 is 4.74 Å². The van der Waals surface area contributed by atoms with E-state index in [0.29, 0.717) is 12.4 Å². The Balaban J connectivity index is 2.45. The number of aryl methyl sites for hydroxylation is 1. The molecule has 0 unspecified atom stereocenters. The maximum Gasteiger partial charge on any atom is 0.167 e. The van der Waals surface area contributed by atoms with Gasteiger partial charge in [0.1, 0.15) is 0 Å². The largest absolute Gasteiger partial charge is 0.490 e. The van der Waals surface area contributed by atoms with Crippen LogP contribution in [0.4, 0.5) is 4.39 Å². The summed E-state index contributed by atoms with van der Waals surface area (Å²) in [6.45, 7) is 2.52. The lowest BCUT2D eigenvalue weighted by Gasteiger charge is -2.00. The number of hydrogen-bond acceptors (Lipinski definition) is 3. The molecule has 4 heteroatoms. The summed E-state index contributed by atoms with van der Waals surface area (Å²) in [6.07, 6.45) is 0.797. The van der Waals surface area contributed by atoms with Crippen LogP contribution in [0.2, 0.25) is 0 Å². The van der Waals surface area contributed by atoms with Crippen LogP contribution in [0.3, 0.4) is 0 Å². The molecule has 14 heavy (non-hydrogen) atoms. The number of aromatic nitrogens is 1. The predicted octanol–water partition coefficient (Wildman–Crippen LogP) is 2.68. The summed E-state index contributed by atoms with van der Waals surface area (Å²) >= 11 is 1.61. The summed E-state index contributed by atoms with van der Waals surface area (Å²) < 4.78 is 19.8. The van der Waals surface area contributed by atoms with Crippen LogP contribution in [0.15, 0.2) is 6.07 Å². The summed E-state index contributed by atoms with van der Waals surface area (Å²) in [7, 11) is 0. The summed E-state index contributed by atoms with van der Waals surface area (Å²) in [6, 6.07) is 1.46. The fraction of sp³-hybridized carbons (Fsp3) is 0.300. The summed E-state index contributed by atoms with van der Waals surface area (Å²) in [5.41, 5.74) is 1.75. The fourth-order valence-corrected chi connectivity index (χ4v) is 2.79. The molecule has 0 bridgehead atoms. The van der Waals surface area contributed by atoms with Crippen molar-refractivity contribution in [2.45, 2.75) is 13.3 Å². The fourth-order valence-electron chi connectivity index (χ4n) is 1.83. The van der Waals surface area contributed by atoms with Crippen molar-refractivity contribution >= 4 is 21.6 Å². The molecule has 0 saturated carbocycles. The highest BCUT2D eigenvalue weighted by Crippen LogP contribution is 2.37. The van der Waals surface area contributed by atoms with E-state index in [4.69, 9.17) is 4.74 Å². The maximum atomic E-state index is 13.5. The number of ether oxygens (including phenoxy) is 1. The molecule has 3 rings (SSSR count). The van der Waals surface area contributed by atoms with Crippen LogP contribution in [0, 0.1) is 12.7 Å². The molecule has 0 atom stereocenters. The quantitative estimate of drug-likeness (QED) is 0.665. The van der Waals surface area contributed by atoms with Crippen molar-refractivity contribution in [3.8, 4) is 5.75 Å². The molecule has 2 nitrogen and oxygen atoms in total. The van der Waals surface area contributed by atoms with Gasteiger partial charge in [-0.25, -0.2) is 9.37 Å². The van der Waals surface area contributed by atoms with E-state index in [1.807, 2.05) is 6.92 Å². The molecule has 72 valence electrons. The van der Waals surface area contributed by atoms with Crippen molar-refractivity contribution in [1.82, 2.24) is 4.98 Å². The molecule has 1 aromatic carbocycles. The van der Waals surface area contributed by atoms with E-state index in [-0.39, 0.29) is 5.82 Å². The van der Waals surface area contributed by atoms with Crippen LogP contribution in [0.1, 0.15) is 10.6 Å². The number of benzene rings is 1. The molecular weight excluding hydrogens is 201 g/mol. The Hall–Kier alpha value is -1.16. The zero-order chi connectivity index (χ0) is 9.71. The highest BCUT2D eigenvalue weighted by molar-refractivity contribution is 7.18. The van der Waals surface area contributed by atoms with E-state index < -0.39 is 0 Å². The van der Waals surface area contributed by atoms with E-state index in [1.165, 1.54) is 6.07 Å². The smallest absolute Gasteiger partial charge is 0.167 e. The second-order valence-electron chi connectivity index (χ2n) is 3.35. The van der Waals surface area contributed by atoms with Crippen molar-refractivity contribution in [2.24, 2.45) is 0 Å². The second-order valence-corrected chi connectivity index (χ2v) is 4.55. The van der Waals surface area contributed by atoms with Gasteiger partial charge in [0.2, 0.25) is 0 Å². The Bertz CT molecular complexity index is 520. The molecular formula is C10H8FNOS. The third-order valence-electron chi connectivity index (χ3n) is 2.39. The zero-order valence-corrected chi connectivity index (χ0v) is 8.45. The molecule has 1 aromatic heterocycles. The first kappa shape index (κ1) is 8.17. The Labute approximate surface area is 84.3 Å². The third kappa shape index (κ3) is 0.973. The maximum absolute atomic E-state index is 13.5. The van der Waals surface area contributed by atoms with E-state index in [2.05, 4.69) is 4.98 Å². The van der Waals surface area contributed by atoms with Crippen molar-refractivity contribution in [3.63, 3.8) is 0 Å². The molecule has 0 fully saturated rings. The number of halogens is 1. The molecule has 2 aromatic rings. The van der Waals surface area contributed by atoms with E-state index in [1.54, 1.807) is 11.3 Å². The van der Waals surface area contributed by atoms with E-state index in [9.17, 15) is 4.39 Å². The van der Waals surface area contributed by atoms with Gasteiger partial charge in [0.25, 0.3) is 0 Å². The summed E-state index contributed by atoms with van der Waals surface area (Å²) in [5.74, 6) is 0.149. The topological polar surface area (TPSA) is 22.1 Å². The number of fused-ring (bicyclic) bond motifs is 3. The van der Waals surface area contributed by atoms with Crippen LogP contribution in [-0.2, 0) is 6.42 Å². The summed E-state index contributed by atoms with van der Waals surface area (Å²) in [5, 5.41) is 0.972. The normalized spacial score (nSPS) is 14.4. The van der Waals surface area contributed by atoms with Crippen molar-refractivity contribution in [2.75, 3.05) is 6.61 Å². The lowest BCUT2D eigenvalue weighted by molar-refractivity contribution is 0.339. The van der Waals surface area contributed by atoms with Gasteiger partial charge in [-0.3, -0.25) is 0 Å². The van der Waals surface area contributed by atoms with Crippen molar-refractivity contribution < 1.29 is 9.13 Å². The molecule has 0 radical (unpaired) electrons. The molecule has 0 amide bonds. The molecule has 0 N–H and O–H groups in total. The zero-order valence-electron chi connectivity index (χ0n) is 7.63. The van der Waals surface area contributed by atoms with Crippen LogP contribution >= 0.6 is 11.3 Å². The second kappa shape index (κ2) is 2.67. The molecule has 0 spiro atoms. The average Bonchev–Trinajstić information content (AvgIpc) is 2.69. The Kier molecular flexibility index (Phi) is 1.56. The first-order valence-corrected chi connectivity index (χ1v) is 5.28. The summed E-state index contributed by atoms with van der Waals surface area (Å²) in [4.78, 5) is 4.27. The first-order valence-electron chi connectivity index (χ1n) is 4.47. The number of rotatable bonds is 0. The minimum absolute atomic E-state index is 0.282. The SMILES string of the molecule is Cc1nc2cc(F)c3c(c2s1)CCO3. The van der Waals surface area contributed by atoms with Gasteiger partial charge >= 0.3 is 0 Å². The number of thiazole rings is 1. The number of hydrogen-bond donors (Lipinski definition) is 0. The van der Waals surface area contributed by atoms with Gasteiger partial charge in [-0.05, 0) is 6.92 Å². The predicted molar refractivity (Wildman–Crippen MR) is 53.5 cm³/mol. The lowest BCUT2D eigenvalue weighted by Crippen LogP contribution is -1.88. The van der Waals surface area contributed by atoms with E-state index >= 15 is 0 Å². The molecule has 2 heterocycles. The average molecular weight is 209 g/mol. The van der Waals surface area contributed by atoms with Gasteiger partial charge in [-0.1, -0.05) is 0 Å². The monoisotopic (exact) mass is 209 g/mol.